The summed E-state index contributed by atoms with van der Waals surface area (Å²) in [6.07, 6.45) is 1.07. The molecule has 0 spiro atoms. The van der Waals surface area contributed by atoms with Crippen LogP contribution in [0.15, 0.2) is 65.1 Å². The van der Waals surface area contributed by atoms with Gasteiger partial charge in [-0.2, -0.15) is 0 Å². The van der Waals surface area contributed by atoms with Crippen molar-refractivity contribution in [1.82, 2.24) is 14.4 Å². The molecule has 0 aliphatic heterocycles. The highest BCUT2D eigenvalue weighted by Crippen LogP contribution is 2.32. The van der Waals surface area contributed by atoms with Crippen LogP contribution in [0, 0.1) is 6.92 Å². The minimum Gasteiger partial charge on any atom is -0.506 e. The molecule has 4 nitrogen and oxygen atoms in total. The van der Waals surface area contributed by atoms with Crippen LogP contribution in [-0.4, -0.2) is 53.2 Å². The van der Waals surface area contributed by atoms with Gasteiger partial charge in [0.15, 0.2) is 0 Å². The molecule has 168 valence electrons. The van der Waals surface area contributed by atoms with Crippen LogP contribution in [-0.2, 0) is 6.42 Å². The summed E-state index contributed by atoms with van der Waals surface area (Å²) >= 11 is 3.45. The molecule has 1 aromatic heterocycles. The van der Waals surface area contributed by atoms with Crippen molar-refractivity contribution >= 4 is 37.7 Å². The summed E-state index contributed by atoms with van der Waals surface area (Å²) in [5.74, 6) is 0.362. The molecular weight excluding hydrogens is 462 g/mol. The number of aromatic hydroxyl groups is 1. The largest absolute Gasteiger partial charge is 0.506 e. The zero-order valence-corrected chi connectivity index (χ0v) is 20.9. The summed E-state index contributed by atoms with van der Waals surface area (Å²) in [6.45, 7) is 7.17. The molecule has 1 atom stereocenters. The SMILES string of the molecule is Cc1cc(Br)c(O)c(CCN(C)CCN(C)C(C)n2c3ccccc3c3ccccc32)c1. The zero-order valence-electron chi connectivity index (χ0n) is 19.3. The highest BCUT2D eigenvalue weighted by atomic mass is 79.9. The van der Waals surface area contributed by atoms with Gasteiger partial charge in [-0.15, -0.1) is 0 Å². The van der Waals surface area contributed by atoms with E-state index in [4.69, 9.17) is 0 Å². The number of aromatic nitrogens is 1. The second kappa shape index (κ2) is 9.65. The molecule has 5 heteroatoms. The average molecular weight is 494 g/mol. The maximum Gasteiger partial charge on any atom is 0.133 e. The predicted molar refractivity (Wildman–Crippen MR) is 139 cm³/mol. The van der Waals surface area contributed by atoms with Crippen molar-refractivity contribution in [3.05, 3.63) is 76.3 Å². The van der Waals surface area contributed by atoms with Crippen molar-refractivity contribution in [1.29, 1.82) is 0 Å². The monoisotopic (exact) mass is 493 g/mol. The lowest BCUT2D eigenvalue weighted by Gasteiger charge is -2.29. The topological polar surface area (TPSA) is 31.6 Å². The number of hydrogen-bond acceptors (Lipinski definition) is 3. The molecule has 4 aromatic rings. The first kappa shape index (κ1) is 22.8. The molecule has 3 aromatic carbocycles. The Bertz CT molecular complexity index is 1180. The summed E-state index contributed by atoms with van der Waals surface area (Å²) in [5.41, 5.74) is 4.71. The van der Waals surface area contributed by atoms with Crippen LogP contribution in [0.4, 0.5) is 0 Å². The van der Waals surface area contributed by atoms with E-state index in [9.17, 15) is 5.11 Å². The minimum atomic E-state index is 0.241. The van der Waals surface area contributed by atoms with Gasteiger partial charge in [-0.05, 0) is 79.6 Å². The molecule has 0 radical (unpaired) electrons. The summed E-state index contributed by atoms with van der Waals surface area (Å²) < 4.78 is 3.22. The van der Waals surface area contributed by atoms with E-state index >= 15 is 0 Å². The number of para-hydroxylation sites is 2. The summed E-state index contributed by atoms with van der Waals surface area (Å²) in [4.78, 5) is 4.75. The van der Waals surface area contributed by atoms with Crippen LogP contribution < -0.4 is 0 Å². The third-order valence-corrected chi connectivity index (χ3v) is 7.12. The van der Waals surface area contributed by atoms with Crippen LogP contribution in [0.25, 0.3) is 21.8 Å². The van der Waals surface area contributed by atoms with E-state index in [1.807, 2.05) is 6.07 Å². The van der Waals surface area contributed by atoms with Crippen molar-refractivity contribution < 1.29 is 5.11 Å². The van der Waals surface area contributed by atoms with Crippen molar-refractivity contribution in [2.75, 3.05) is 33.7 Å². The standard InChI is InChI=1S/C27H32BrN3O/c1-19-17-21(27(32)24(28)18-19)13-14-29(3)15-16-30(4)20(2)31-25-11-7-5-9-22(25)23-10-6-8-12-26(23)31/h5-12,17-18,20,32H,13-16H2,1-4H3. The Balaban J connectivity index is 1.43. The number of phenolic OH excluding ortho intramolecular Hbond substituents is 1. The number of likely N-dealkylation sites (N-methyl/N-ethyl adjacent to an activating group) is 2. The van der Waals surface area contributed by atoms with E-state index in [0.717, 1.165) is 41.7 Å². The van der Waals surface area contributed by atoms with Gasteiger partial charge in [0.2, 0.25) is 0 Å². The number of benzene rings is 3. The van der Waals surface area contributed by atoms with Gasteiger partial charge in [-0.3, -0.25) is 4.90 Å². The molecule has 1 N–H and O–H groups in total. The second-order valence-corrected chi connectivity index (χ2v) is 9.68. The molecule has 0 aliphatic rings. The third-order valence-electron chi connectivity index (χ3n) is 6.51. The van der Waals surface area contributed by atoms with Crippen LogP contribution in [0.2, 0.25) is 0 Å². The fourth-order valence-electron chi connectivity index (χ4n) is 4.49. The van der Waals surface area contributed by atoms with Crippen molar-refractivity contribution in [3.8, 4) is 5.75 Å². The first-order valence-electron chi connectivity index (χ1n) is 11.2. The smallest absolute Gasteiger partial charge is 0.133 e. The lowest BCUT2D eigenvalue weighted by atomic mass is 10.1. The highest BCUT2D eigenvalue weighted by molar-refractivity contribution is 9.10. The summed E-state index contributed by atoms with van der Waals surface area (Å²) in [7, 11) is 4.35. The Kier molecular flexibility index (Phi) is 6.89. The molecular formula is C27H32BrN3O. The Morgan fingerprint density at radius 1 is 0.906 bits per heavy atom. The average Bonchev–Trinajstić information content (AvgIpc) is 3.12. The lowest BCUT2D eigenvalue weighted by Crippen LogP contribution is -2.35. The van der Waals surface area contributed by atoms with Crippen molar-refractivity contribution in [2.24, 2.45) is 0 Å². The third kappa shape index (κ3) is 4.56. The predicted octanol–water partition coefficient (Wildman–Crippen LogP) is 6.20. The van der Waals surface area contributed by atoms with E-state index in [0.29, 0.717) is 5.75 Å². The Morgan fingerprint density at radius 2 is 1.50 bits per heavy atom. The molecule has 4 rings (SSSR count). The number of fused-ring (bicyclic) bond motifs is 3. The van der Waals surface area contributed by atoms with E-state index in [1.54, 1.807) is 0 Å². The van der Waals surface area contributed by atoms with Gasteiger partial charge in [0.1, 0.15) is 5.75 Å². The van der Waals surface area contributed by atoms with Gasteiger partial charge in [0, 0.05) is 30.4 Å². The number of hydrogen-bond donors (Lipinski definition) is 1. The van der Waals surface area contributed by atoms with Gasteiger partial charge in [-0.1, -0.05) is 42.5 Å². The lowest BCUT2D eigenvalue weighted by molar-refractivity contribution is 0.177. The number of halogens is 1. The fourth-order valence-corrected chi connectivity index (χ4v) is 5.10. The fraction of sp³-hybridized carbons (Fsp3) is 0.333. The van der Waals surface area contributed by atoms with Gasteiger partial charge in [-0.25, -0.2) is 0 Å². The van der Waals surface area contributed by atoms with Crippen LogP contribution in [0.5, 0.6) is 5.75 Å². The number of nitrogens with zero attached hydrogens (tertiary/aromatic N) is 3. The summed E-state index contributed by atoms with van der Waals surface area (Å²) in [6, 6.07) is 21.4. The van der Waals surface area contributed by atoms with Crippen molar-refractivity contribution in [3.63, 3.8) is 0 Å². The molecule has 32 heavy (non-hydrogen) atoms. The second-order valence-electron chi connectivity index (χ2n) is 8.82. The molecule has 0 aliphatic carbocycles. The van der Waals surface area contributed by atoms with E-state index in [2.05, 4.69) is 113 Å². The molecule has 1 unspecified atom stereocenters. The molecule has 0 saturated heterocycles. The summed E-state index contributed by atoms with van der Waals surface area (Å²) in [5, 5.41) is 12.9. The van der Waals surface area contributed by atoms with E-state index < -0.39 is 0 Å². The van der Waals surface area contributed by atoms with Crippen LogP contribution in [0.3, 0.4) is 0 Å². The van der Waals surface area contributed by atoms with Crippen LogP contribution >= 0.6 is 15.9 Å². The Labute approximate surface area is 199 Å². The Morgan fingerprint density at radius 3 is 2.12 bits per heavy atom. The van der Waals surface area contributed by atoms with Crippen molar-refractivity contribution in [2.45, 2.75) is 26.4 Å². The molecule has 0 fully saturated rings. The molecule has 1 heterocycles. The van der Waals surface area contributed by atoms with Gasteiger partial charge >= 0.3 is 0 Å². The molecule has 0 bridgehead atoms. The Hall–Kier alpha value is -2.34. The molecule has 0 amide bonds. The molecule has 0 saturated carbocycles. The first-order valence-corrected chi connectivity index (χ1v) is 12.0. The number of aryl methyl sites for hydroxylation is 1. The highest BCUT2D eigenvalue weighted by Gasteiger charge is 2.18. The van der Waals surface area contributed by atoms with Gasteiger partial charge in [0.25, 0.3) is 0 Å². The van der Waals surface area contributed by atoms with Gasteiger partial charge < -0.3 is 14.6 Å². The first-order chi connectivity index (χ1) is 15.4. The quantitative estimate of drug-likeness (QED) is 0.317. The normalized spacial score (nSPS) is 13.0. The number of phenols is 1. The number of rotatable bonds is 8. The van der Waals surface area contributed by atoms with E-state index in [1.165, 1.54) is 21.8 Å². The minimum absolute atomic E-state index is 0.241. The van der Waals surface area contributed by atoms with Gasteiger partial charge in [0.05, 0.1) is 21.7 Å². The maximum absolute atomic E-state index is 10.3. The zero-order chi connectivity index (χ0) is 22.8. The van der Waals surface area contributed by atoms with Crippen LogP contribution in [0.1, 0.15) is 24.2 Å². The maximum atomic E-state index is 10.3. The van der Waals surface area contributed by atoms with E-state index in [-0.39, 0.29) is 6.17 Å².